The molecule has 2 N–H and O–H groups in total. The monoisotopic (exact) mass is 356 g/mol. The third-order valence-electron chi connectivity index (χ3n) is 3.95. The van der Waals surface area contributed by atoms with Gasteiger partial charge in [0.1, 0.15) is 16.9 Å². The third-order valence-corrected chi connectivity index (χ3v) is 3.95. The van der Waals surface area contributed by atoms with Crippen LogP contribution in [0, 0.1) is 5.82 Å². The third kappa shape index (κ3) is 3.69. The van der Waals surface area contributed by atoms with Gasteiger partial charge in [0, 0.05) is 0 Å². The maximum absolute atomic E-state index is 13.0. The Hall–Kier alpha value is -3.29. The molecule has 0 bridgehead atoms. The minimum atomic E-state index is -1.01. The van der Waals surface area contributed by atoms with E-state index in [4.69, 9.17) is 4.74 Å². The lowest BCUT2D eigenvalue weighted by Gasteiger charge is -2.18. The van der Waals surface area contributed by atoms with Crippen LogP contribution in [0.15, 0.2) is 42.5 Å². The van der Waals surface area contributed by atoms with E-state index in [9.17, 15) is 14.0 Å². The second-order valence-corrected chi connectivity index (χ2v) is 5.83. The fraction of sp³-hybridized carbons (Fsp3) is 0.222. The van der Waals surface area contributed by atoms with Crippen molar-refractivity contribution in [1.29, 1.82) is 0 Å². The fourth-order valence-corrected chi connectivity index (χ4v) is 2.48. The Balaban J connectivity index is 1.64. The molecule has 1 aromatic heterocycles. The number of carbonyl (C=O) groups excluding carboxylic acids is 2. The van der Waals surface area contributed by atoms with Crippen molar-refractivity contribution in [2.24, 2.45) is 0 Å². The number of aromatic nitrogens is 3. The van der Waals surface area contributed by atoms with E-state index in [1.807, 2.05) is 0 Å². The molecule has 0 saturated heterocycles. The minimum absolute atomic E-state index is 0.225. The summed E-state index contributed by atoms with van der Waals surface area (Å²) in [6, 6.07) is 10.4. The fourth-order valence-electron chi connectivity index (χ4n) is 2.48. The standard InChI is InChI=1S/C18H17FN4O3/c1-10(12-6-8-13(19)9-7-12)20-17(24)11(2)26-18(25)14-4-3-5-15-16(14)22-23-21-15/h3-11H,1-2H3,(H,20,24)(H,21,22,23). The molecule has 0 fully saturated rings. The molecule has 1 amide bonds. The molecule has 134 valence electrons. The van der Waals surface area contributed by atoms with Crippen LogP contribution >= 0.6 is 0 Å². The van der Waals surface area contributed by atoms with Gasteiger partial charge in [-0.2, -0.15) is 15.4 Å². The van der Waals surface area contributed by atoms with E-state index in [0.717, 1.165) is 5.56 Å². The van der Waals surface area contributed by atoms with Gasteiger partial charge in [-0.15, -0.1) is 0 Å². The van der Waals surface area contributed by atoms with Gasteiger partial charge < -0.3 is 10.1 Å². The number of para-hydroxylation sites is 1. The molecule has 0 saturated carbocycles. The number of nitrogens with one attached hydrogen (secondary N) is 2. The topological polar surface area (TPSA) is 97.0 Å². The summed E-state index contributed by atoms with van der Waals surface area (Å²) in [6.45, 7) is 3.24. The molecule has 3 aromatic rings. The van der Waals surface area contributed by atoms with Gasteiger partial charge in [0.25, 0.3) is 5.91 Å². The summed E-state index contributed by atoms with van der Waals surface area (Å²) in [4.78, 5) is 24.6. The lowest BCUT2D eigenvalue weighted by atomic mass is 10.1. The van der Waals surface area contributed by atoms with Crippen molar-refractivity contribution < 1.29 is 18.7 Å². The molecule has 0 aliphatic rings. The summed E-state index contributed by atoms with van der Waals surface area (Å²) in [6.07, 6.45) is -1.01. The molecule has 0 aliphatic carbocycles. The molecule has 0 radical (unpaired) electrons. The Morgan fingerprint density at radius 2 is 1.85 bits per heavy atom. The number of benzene rings is 2. The van der Waals surface area contributed by atoms with Crippen LogP contribution in [0.3, 0.4) is 0 Å². The van der Waals surface area contributed by atoms with Gasteiger partial charge in [-0.1, -0.05) is 18.2 Å². The average molecular weight is 356 g/mol. The van der Waals surface area contributed by atoms with Crippen LogP contribution in [0.5, 0.6) is 0 Å². The van der Waals surface area contributed by atoms with Crippen molar-refractivity contribution in [1.82, 2.24) is 20.7 Å². The number of fused-ring (bicyclic) bond motifs is 1. The molecule has 2 atom stereocenters. The van der Waals surface area contributed by atoms with Crippen LogP contribution in [0.1, 0.15) is 35.8 Å². The number of aromatic amines is 1. The summed E-state index contributed by atoms with van der Waals surface area (Å²) in [5, 5.41) is 13.0. The number of H-pyrrole nitrogens is 1. The summed E-state index contributed by atoms with van der Waals surface area (Å²) < 4.78 is 18.2. The van der Waals surface area contributed by atoms with Crippen LogP contribution in [0.2, 0.25) is 0 Å². The van der Waals surface area contributed by atoms with E-state index in [2.05, 4.69) is 20.7 Å². The number of ether oxygens (including phenoxy) is 1. The lowest BCUT2D eigenvalue weighted by Crippen LogP contribution is -2.37. The molecule has 1 heterocycles. The van der Waals surface area contributed by atoms with Crippen molar-refractivity contribution >= 4 is 22.9 Å². The molecule has 0 aliphatic heterocycles. The van der Waals surface area contributed by atoms with Gasteiger partial charge in [0.15, 0.2) is 6.10 Å². The maximum atomic E-state index is 13.0. The molecule has 8 heteroatoms. The SMILES string of the molecule is CC(OC(=O)c1cccc2n[nH]nc12)C(=O)NC(C)c1ccc(F)cc1. The van der Waals surface area contributed by atoms with Crippen molar-refractivity contribution in [3.8, 4) is 0 Å². The highest BCUT2D eigenvalue weighted by atomic mass is 19.1. The maximum Gasteiger partial charge on any atom is 0.341 e. The summed E-state index contributed by atoms with van der Waals surface area (Å²) in [7, 11) is 0. The predicted molar refractivity (Wildman–Crippen MR) is 91.7 cm³/mol. The van der Waals surface area contributed by atoms with E-state index in [-0.39, 0.29) is 17.4 Å². The molecular formula is C18H17FN4O3. The van der Waals surface area contributed by atoms with Crippen molar-refractivity contribution in [3.05, 3.63) is 59.4 Å². The number of hydrogen-bond acceptors (Lipinski definition) is 5. The molecule has 3 rings (SSSR count). The van der Waals surface area contributed by atoms with Gasteiger partial charge in [0.05, 0.1) is 11.6 Å². The van der Waals surface area contributed by atoms with Gasteiger partial charge >= 0.3 is 5.97 Å². The zero-order valence-electron chi connectivity index (χ0n) is 14.2. The molecule has 2 unspecified atom stereocenters. The second kappa shape index (κ2) is 7.30. The first-order valence-corrected chi connectivity index (χ1v) is 8.02. The Bertz CT molecular complexity index is 939. The Morgan fingerprint density at radius 3 is 2.58 bits per heavy atom. The van der Waals surface area contributed by atoms with Crippen LogP contribution in [0.25, 0.3) is 11.0 Å². The zero-order chi connectivity index (χ0) is 18.7. The highest BCUT2D eigenvalue weighted by Gasteiger charge is 2.22. The van der Waals surface area contributed by atoms with E-state index in [1.165, 1.54) is 19.1 Å². The largest absolute Gasteiger partial charge is 0.449 e. The summed E-state index contributed by atoms with van der Waals surface area (Å²) >= 11 is 0. The number of hydrogen-bond donors (Lipinski definition) is 2. The number of carbonyl (C=O) groups is 2. The Labute approximate surface area is 148 Å². The molecule has 26 heavy (non-hydrogen) atoms. The molecule has 7 nitrogen and oxygen atoms in total. The van der Waals surface area contributed by atoms with Gasteiger partial charge in [-0.3, -0.25) is 4.79 Å². The highest BCUT2D eigenvalue weighted by molar-refractivity contribution is 6.02. The second-order valence-electron chi connectivity index (χ2n) is 5.83. The Morgan fingerprint density at radius 1 is 1.12 bits per heavy atom. The van der Waals surface area contributed by atoms with Crippen molar-refractivity contribution in [2.75, 3.05) is 0 Å². The van der Waals surface area contributed by atoms with Gasteiger partial charge in [0.2, 0.25) is 0 Å². The van der Waals surface area contributed by atoms with Gasteiger partial charge in [-0.05, 0) is 43.7 Å². The smallest absolute Gasteiger partial charge is 0.341 e. The number of amides is 1. The first-order chi connectivity index (χ1) is 12.5. The van der Waals surface area contributed by atoms with E-state index >= 15 is 0 Å². The molecule has 2 aromatic carbocycles. The zero-order valence-corrected chi connectivity index (χ0v) is 14.2. The summed E-state index contributed by atoms with van der Waals surface area (Å²) in [5.41, 5.74) is 1.87. The molecule has 0 spiro atoms. The van der Waals surface area contributed by atoms with Crippen LogP contribution in [-0.2, 0) is 9.53 Å². The molecular weight excluding hydrogens is 339 g/mol. The van der Waals surface area contributed by atoms with Gasteiger partial charge in [-0.25, -0.2) is 9.18 Å². The van der Waals surface area contributed by atoms with Crippen LogP contribution < -0.4 is 5.32 Å². The predicted octanol–water partition coefficient (Wildman–Crippen LogP) is 2.52. The summed E-state index contributed by atoms with van der Waals surface area (Å²) in [5.74, 6) is -1.47. The lowest BCUT2D eigenvalue weighted by molar-refractivity contribution is -0.129. The van der Waals surface area contributed by atoms with Crippen molar-refractivity contribution in [2.45, 2.75) is 26.0 Å². The minimum Gasteiger partial charge on any atom is -0.449 e. The van der Waals surface area contributed by atoms with Crippen LogP contribution in [-0.4, -0.2) is 33.4 Å². The number of halogens is 1. The number of rotatable bonds is 5. The Kier molecular flexibility index (Phi) is 4.92. The average Bonchev–Trinajstić information content (AvgIpc) is 3.10. The first-order valence-electron chi connectivity index (χ1n) is 8.02. The van der Waals surface area contributed by atoms with E-state index in [1.54, 1.807) is 37.3 Å². The first kappa shape index (κ1) is 17.5. The number of esters is 1. The number of nitrogens with zero attached hydrogens (tertiary/aromatic N) is 2. The van der Waals surface area contributed by atoms with E-state index in [0.29, 0.717) is 11.0 Å². The van der Waals surface area contributed by atoms with Crippen LogP contribution in [0.4, 0.5) is 4.39 Å². The van der Waals surface area contributed by atoms with Crippen molar-refractivity contribution in [3.63, 3.8) is 0 Å². The quantitative estimate of drug-likeness (QED) is 0.685. The van der Waals surface area contributed by atoms with E-state index < -0.39 is 18.0 Å². The highest BCUT2D eigenvalue weighted by Crippen LogP contribution is 2.16. The normalized spacial score (nSPS) is 13.2.